The van der Waals surface area contributed by atoms with Crippen molar-refractivity contribution >= 4 is 0 Å². The first-order valence-electron chi connectivity index (χ1n) is 7.44. The third-order valence-corrected chi connectivity index (χ3v) is 5.03. The van der Waals surface area contributed by atoms with E-state index in [9.17, 15) is 0 Å². The number of aromatic amines is 1. The molecule has 5 unspecified atom stereocenters. The Hall–Kier alpha value is 0.0539. The number of allylic oxidation sites excluding steroid dienone is 2. The second-order valence-corrected chi connectivity index (χ2v) is 6.20. The van der Waals surface area contributed by atoms with Crippen LogP contribution in [0.3, 0.4) is 0 Å². The number of aromatic nitrogens is 2. The van der Waals surface area contributed by atoms with Gasteiger partial charge in [-0.1, -0.05) is 46.5 Å². The molecule has 0 saturated carbocycles. The monoisotopic (exact) mass is 347 g/mol. The fourth-order valence-corrected chi connectivity index (χ4v) is 3.09. The van der Waals surface area contributed by atoms with Crippen molar-refractivity contribution in [3.63, 3.8) is 0 Å². The zero-order valence-corrected chi connectivity index (χ0v) is 16.2. The summed E-state index contributed by atoms with van der Waals surface area (Å²) in [6.45, 7) is 11.7. The maximum absolute atomic E-state index is 4.06. The van der Waals surface area contributed by atoms with Crippen molar-refractivity contribution in [2.75, 3.05) is 0 Å². The number of nitrogens with zero attached hydrogens (tertiary/aromatic N) is 1. The normalized spacial score (nSPS) is 31.4. The van der Waals surface area contributed by atoms with Gasteiger partial charge in [0.2, 0.25) is 0 Å². The number of hydrogen-bond donors (Lipinski definition) is 1. The molecule has 1 aromatic heterocycles. The van der Waals surface area contributed by atoms with Gasteiger partial charge in [0.1, 0.15) is 0 Å². The van der Waals surface area contributed by atoms with Gasteiger partial charge in [0, 0.05) is 44.6 Å². The fourth-order valence-electron chi connectivity index (χ4n) is 3.09. The average Bonchev–Trinajstić information content (AvgIpc) is 2.91. The van der Waals surface area contributed by atoms with Crippen LogP contribution < -0.4 is 0 Å². The fraction of sp³-hybridized carbons (Fsp3) is 0.647. The average molecular weight is 347 g/mol. The molecule has 2 nitrogen and oxygen atoms in total. The van der Waals surface area contributed by atoms with E-state index in [1.54, 1.807) is 6.33 Å². The molecule has 1 aliphatic carbocycles. The molecule has 0 fully saturated rings. The van der Waals surface area contributed by atoms with E-state index in [2.05, 4.69) is 57.1 Å². The Kier molecular flexibility index (Phi) is 7.14. The van der Waals surface area contributed by atoms with Crippen LogP contribution in [0.25, 0.3) is 0 Å². The van der Waals surface area contributed by atoms with Crippen molar-refractivity contribution in [1.82, 2.24) is 9.97 Å². The minimum atomic E-state index is 0. The van der Waals surface area contributed by atoms with Crippen LogP contribution in [-0.2, 0) is 39.1 Å². The molecule has 0 bridgehead atoms. The standard InChI is InChI=1S/C17H26N2.Y/c1-11(6-7-16-9-18-10-19-16)17-8-12(2)13(3)14(4)15(17)5;/h6,9-15H,7H2,1-5H3,(H,18,19);/q-2;. The summed E-state index contributed by atoms with van der Waals surface area (Å²) >= 11 is 0. The van der Waals surface area contributed by atoms with E-state index in [0.29, 0.717) is 17.8 Å². The molecule has 1 aliphatic rings. The Morgan fingerprint density at radius 2 is 2.00 bits per heavy atom. The van der Waals surface area contributed by atoms with Crippen LogP contribution in [0.5, 0.6) is 0 Å². The van der Waals surface area contributed by atoms with Crippen molar-refractivity contribution in [2.24, 2.45) is 29.6 Å². The Bertz CT molecular complexity index is 424. The summed E-state index contributed by atoms with van der Waals surface area (Å²) in [6, 6.07) is 0. The third kappa shape index (κ3) is 4.04. The predicted molar refractivity (Wildman–Crippen MR) is 79.2 cm³/mol. The molecule has 1 aromatic rings. The largest absolute Gasteiger partial charge is 0.496 e. The van der Waals surface area contributed by atoms with Crippen molar-refractivity contribution in [1.29, 1.82) is 0 Å². The summed E-state index contributed by atoms with van der Waals surface area (Å²) in [5.41, 5.74) is 2.68. The van der Waals surface area contributed by atoms with Crippen molar-refractivity contribution in [3.05, 3.63) is 36.3 Å². The molecule has 0 saturated heterocycles. The molecule has 109 valence electrons. The Balaban J connectivity index is 0.00000200. The molecule has 20 heavy (non-hydrogen) atoms. The van der Waals surface area contributed by atoms with Gasteiger partial charge in [0.05, 0.1) is 6.33 Å². The quantitative estimate of drug-likeness (QED) is 0.817. The molecule has 1 radical (unpaired) electrons. The van der Waals surface area contributed by atoms with Gasteiger partial charge < -0.3 is 17.5 Å². The van der Waals surface area contributed by atoms with Crippen LogP contribution in [-0.4, -0.2) is 9.97 Å². The van der Waals surface area contributed by atoms with E-state index >= 15 is 0 Å². The molecule has 0 aliphatic heterocycles. The van der Waals surface area contributed by atoms with Crippen LogP contribution >= 0.6 is 0 Å². The second kappa shape index (κ2) is 7.89. The third-order valence-electron chi connectivity index (χ3n) is 5.03. The molecular formula is C17H26N2Y-2. The van der Waals surface area contributed by atoms with Crippen LogP contribution in [0, 0.1) is 42.1 Å². The van der Waals surface area contributed by atoms with Crippen molar-refractivity contribution < 1.29 is 32.7 Å². The van der Waals surface area contributed by atoms with E-state index < -0.39 is 0 Å². The molecule has 0 aromatic carbocycles. The maximum Gasteiger partial charge on any atom is 0.0920 e. The van der Waals surface area contributed by atoms with E-state index in [0.717, 1.165) is 18.3 Å². The van der Waals surface area contributed by atoms with Gasteiger partial charge in [-0.05, 0) is 5.92 Å². The van der Waals surface area contributed by atoms with Gasteiger partial charge in [0.25, 0.3) is 0 Å². The molecule has 1 N–H and O–H groups in total. The summed E-state index contributed by atoms with van der Waals surface area (Å²) in [5.74, 6) is 3.19. The summed E-state index contributed by atoms with van der Waals surface area (Å²) in [6.07, 6.45) is 10.7. The Labute approximate surface area is 149 Å². The Morgan fingerprint density at radius 1 is 1.30 bits per heavy atom. The van der Waals surface area contributed by atoms with Gasteiger partial charge in [-0.3, -0.25) is 5.57 Å². The second-order valence-electron chi connectivity index (χ2n) is 6.20. The number of nitrogens with one attached hydrogen (secondary N) is 1. The molecule has 1 heterocycles. The zero-order chi connectivity index (χ0) is 14.0. The van der Waals surface area contributed by atoms with Gasteiger partial charge in [-0.2, -0.15) is 11.8 Å². The van der Waals surface area contributed by atoms with E-state index in [1.807, 2.05) is 6.20 Å². The van der Waals surface area contributed by atoms with Crippen molar-refractivity contribution in [2.45, 2.75) is 41.0 Å². The number of hydrogen-bond acceptors (Lipinski definition) is 1. The summed E-state index contributed by atoms with van der Waals surface area (Å²) in [4.78, 5) is 7.22. The molecule has 3 heteroatoms. The minimum Gasteiger partial charge on any atom is -0.496 e. The van der Waals surface area contributed by atoms with Crippen LogP contribution in [0.15, 0.2) is 18.1 Å². The van der Waals surface area contributed by atoms with E-state index in [1.165, 1.54) is 11.3 Å². The molecule has 5 atom stereocenters. The first kappa shape index (κ1) is 18.1. The topological polar surface area (TPSA) is 28.7 Å². The molecule has 0 amide bonds. The molecule has 2 rings (SSSR count). The summed E-state index contributed by atoms with van der Waals surface area (Å²) in [5, 5.41) is 0. The number of imidazole rings is 1. The van der Waals surface area contributed by atoms with Crippen LogP contribution in [0.2, 0.25) is 0 Å². The zero-order valence-electron chi connectivity index (χ0n) is 13.4. The van der Waals surface area contributed by atoms with Gasteiger partial charge >= 0.3 is 0 Å². The van der Waals surface area contributed by atoms with Gasteiger partial charge in [-0.25, -0.2) is 4.98 Å². The maximum atomic E-state index is 4.06. The first-order valence-corrected chi connectivity index (χ1v) is 7.44. The molecular weight excluding hydrogens is 321 g/mol. The van der Waals surface area contributed by atoms with E-state index in [-0.39, 0.29) is 32.7 Å². The summed E-state index contributed by atoms with van der Waals surface area (Å²) < 4.78 is 0. The first-order chi connectivity index (χ1) is 9.00. The van der Waals surface area contributed by atoms with Crippen LogP contribution in [0.1, 0.15) is 40.3 Å². The summed E-state index contributed by atoms with van der Waals surface area (Å²) in [7, 11) is 0. The van der Waals surface area contributed by atoms with Crippen molar-refractivity contribution in [3.8, 4) is 0 Å². The number of H-pyrrole nitrogens is 1. The van der Waals surface area contributed by atoms with E-state index in [4.69, 9.17) is 0 Å². The minimum absolute atomic E-state index is 0. The van der Waals surface area contributed by atoms with Gasteiger partial charge in [0.15, 0.2) is 0 Å². The predicted octanol–water partition coefficient (Wildman–Crippen LogP) is 4.08. The Morgan fingerprint density at radius 3 is 2.60 bits per heavy atom. The smallest absolute Gasteiger partial charge is 0.0920 e. The molecule has 0 spiro atoms. The SMILES string of the molecule is CC([CH-]Cc1cnc[nH]1)C1=[C-]C(C)C(C)C(C)C1C.[Y]. The van der Waals surface area contributed by atoms with Gasteiger partial charge in [-0.15, -0.1) is 6.42 Å². The van der Waals surface area contributed by atoms with Crippen LogP contribution in [0.4, 0.5) is 0 Å². The number of rotatable bonds is 4.